The number of hydrogen-bond acceptors (Lipinski definition) is 3. The lowest BCUT2D eigenvalue weighted by Gasteiger charge is -2.23. The highest BCUT2D eigenvalue weighted by Gasteiger charge is 2.29. The number of fused-ring (bicyclic) bond motifs is 1. The Kier molecular flexibility index (Phi) is 2.45. The summed E-state index contributed by atoms with van der Waals surface area (Å²) in [6.45, 7) is 3.67. The number of nitrogens with two attached hydrogens (primary N) is 1. The van der Waals surface area contributed by atoms with Crippen molar-refractivity contribution in [2.45, 2.75) is 19.9 Å². The topological polar surface area (TPSA) is 63.0 Å². The smallest absolute Gasteiger partial charge is 0.134 e. The molecular weight excluding hydrogens is 200 g/mol. The number of benzene rings is 1. The maximum atomic E-state index is 9.07. The zero-order chi connectivity index (χ0) is 11.8. The fourth-order valence-electron chi connectivity index (χ4n) is 1.70. The second-order valence-electron chi connectivity index (χ2n) is 4.50. The van der Waals surface area contributed by atoms with Crippen molar-refractivity contribution in [3.63, 3.8) is 0 Å². The summed E-state index contributed by atoms with van der Waals surface area (Å²) in [5.74, 6) is 0. The van der Waals surface area contributed by atoms with Gasteiger partial charge in [-0.05, 0) is 19.9 Å². The molecule has 3 nitrogen and oxygen atoms in total. The number of para-hydroxylation sites is 1. The molecule has 0 spiro atoms. The van der Waals surface area contributed by atoms with Gasteiger partial charge in [-0.2, -0.15) is 5.26 Å². The molecule has 0 aliphatic carbocycles. The van der Waals surface area contributed by atoms with Crippen molar-refractivity contribution < 1.29 is 4.42 Å². The minimum atomic E-state index is -0.605. The van der Waals surface area contributed by atoms with Crippen molar-refractivity contribution in [2.24, 2.45) is 11.1 Å². The fourth-order valence-corrected chi connectivity index (χ4v) is 1.70. The number of nitriles is 1. The summed E-state index contributed by atoms with van der Waals surface area (Å²) in [4.78, 5) is 0. The van der Waals surface area contributed by atoms with E-state index in [1.165, 1.54) is 0 Å². The third-order valence-corrected chi connectivity index (χ3v) is 2.91. The highest BCUT2D eigenvalue weighted by molar-refractivity contribution is 5.81. The number of furan rings is 1. The number of rotatable bonds is 2. The van der Waals surface area contributed by atoms with Crippen molar-refractivity contribution in [1.29, 1.82) is 5.26 Å². The molecule has 0 aliphatic rings. The van der Waals surface area contributed by atoms with Crippen LogP contribution in [0, 0.1) is 16.7 Å². The van der Waals surface area contributed by atoms with Crippen LogP contribution in [0.3, 0.4) is 0 Å². The lowest BCUT2D eigenvalue weighted by atomic mass is 9.82. The maximum Gasteiger partial charge on any atom is 0.134 e. The van der Waals surface area contributed by atoms with E-state index in [1.807, 2.05) is 38.1 Å². The van der Waals surface area contributed by atoms with E-state index in [9.17, 15) is 0 Å². The molecule has 2 N–H and O–H groups in total. The van der Waals surface area contributed by atoms with Gasteiger partial charge in [0.1, 0.15) is 5.58 Å². The van der Waals surface area contributed by atoms with Crippen molar-refractivity contribution in [3.05, 3.63) is 36.1 Å². The van der Waals surface area contributed by atoms with Crippen LogP contribution in [-0.4, -0.2) is 0 Å². The summed E-state index contributed by atoms with van der Waals surface area (Å²) in [6.07, 6.45) is 1.65. The van der Waals surface area contributed by atoms with Gasteiger partial charge in [-0.3, -0.25) is 0 Å². The Hall–Kier alpha value is -1.79. The Bertz CT molecular complexity index is 548. The van der Waals surface area contributed by atoms with Gasteiger partial charge in [0.25, 0.3) is 0 Å². The van der Waals surface area contributed by atoms with E-state index < -0.39 is 5.41 Å². The van der Waals surface area contributed by atoms with Crippen LogP contribution < -0.4 is 5.73 Å². The molecule has 1 heterocycles. The predicted molar refractivity (Wildman–Crippen MR) is 62.5 cm³/mol. The first-order valence-electron chi connectivity index (χ1n) is 5.19. The SMILES string of the molecule is CC(C)(C#N)C(N)c1coc2ccccc12. The molecule has 1 aromatic heterocycles. The van der Waals surface area contributed by atoms with E-state index in [-0.39, 0.29) is 6.04 Å². The molecule has 1 unspecified atom stereocenters. The highest BCUT2D eigenvalue weighted by atomic mass is 16.3. The van der Waals surface area contributed by atoms with Crippen LogP contribution in [0.25, 0.3) is 11.0 Å². The first-order valence-corrected chi connectivity index (χ1v) is 5.19. The van der Waals surface area contributed by atoms with Crippen molar-refractivity contribution in [3.8, 4) is 6.07 Å². The van der Waals surface area contributed by atoms with Gasteiger partial charge in [0.2, 0.25) is 0 Å². The molecule has 0 saturated carbocycles. The monoisotopic (exact) mass is 214 g/mol. The van der Waals surface area contributed by atoms with Crippen molar-refractivity contribution >= 4 is 11.0 Å². The normalized spacial score (nSPS) is 13.6. The van der Waals surface area contributed by atoms with Crippen LogP contribution >= 0.6 is 0 Å². The molecule has 0 amide bonds. The molecule has 0 aliphatic heterocycles. The Balaban J connectivity index is 2.53. The number of hydrogen-bond donors (Lipinski definition) is 1. The highest BCUT2D eigenvalue weighted by Crippen LogP contribution is 2.35. The Morgan fingerprint density at radius 1 is 1.38 bits per heavy atom. The minimum absolute atomic E-state index is 0.346. The van der Waals surface area contributed by atoms with Gasteiger partial charge in [-0.1, -0.05) is 18.2 Å². The fraction of sp³-hybridized carbons (Fsp3) is 0.308. The molecule has 16 heavy (non-hydrogen) atoms. The molecule has 1 atom stereocenters. The molecule has 2 rings (SSSR count). The van der Waals surface area contributed by atoms with E-state index in [1.54, 1.807) is 6.26 Å². The molecule has 1 aromatic carbocycles. The van der Waals surface area contributed by atoms with E-state index in [0.717, 1.165) is 16.5 Å². The molecule has 82 valence electrons. The maximum absolute atomic E-state index is 9.07. The standard InChI is InChI=1S/C13H14N2O/c1-13(2,8-14)12(15)10-7-16-11-6-4-3-5-9(10)11/h3-7,12H,15H2,1-2H3. The minimum Gasteiger partial charge on any atom is -0.464 e. The van der Waals surface area contributed by atoms with Gasteiger partial charge < -0.3 is 10.2 Å². The van der Waals surface area contributed by atoms with E-state index in [4.69, 9.17) is 15.4 Å². The third-order valence-electron chi connectivity index (χ3n) is 2.91. The predicted octanol–water partition coefficient (Wildman–Crippen LogP) is 2.98. The Labute approximate surface area is 94.5 Å². The van der Waals surface area contributed by atoms with Crippen LogP contribution in [0.5, 0.6) is 0 Å². The Morgan fingerprint density at radius 3 is 2.75 bits per heavy atom. The van der Waals surface area contributed by atoms with Gasteiger partial charge in [0.05, 0.1) is 23.8 Å². The Morgan fingerprint density at radius 2 is 2.06 bits per heavy atom. The van der Waals surface area contributed by atoms with Crippen LogP contribution in [-0.2, 0) is 0 Å². The summed E-state index contributed by atoms with van der Waals surface area (Å²) in [5.41, 5.74) is 7.20. The van der Waals surface area contributed by atoms with Gasteiger partial charge in [0, 0.05) is 10.9 Å². The van der Waals surface area contributed by atoms with Gasteiger partial charge in [-0.15, -0.1) is 0 Å². The summed E-state index contributed by atoms with van der Waals surface area (Å²) < 4.78 is 5.42. The summed E-state index contributed by atoms with van der Waals surface area (Å²) >= 11 is 0. The van der Waals surface area contributed by atoms with Crippen molar-refractivity contribution in [1.82, 2.24) is 0 Å². The van der Waals surface area contributed by atoms with Gasteiger partial charge in [-0.25, -0.2) is 0 Å². The summed E-state index contributed by atoms with van der Waals surface area (Å²) in [6, 6.07) is 9.59. The van der Waals surface area contributed by atoms with E-state index in [0.29, 0.717) is 0 Å². The van der Waals surface area contributed by atoms with Crippen LogP contribution in [0.2, 0.25) is 0 Å². The molecule has 0 radical (unpaired) electrons. The second kappa shape index (κ2) is 3.66. The zero-order valence-corrected chi connectivity index (χ0v) is 9.40. The number of nitrogens with zero attached hydrogens (tertiary/aromatic N) is 1. The quantitative estimate of drug-likeness (QED) is 0.835. The first-order chi connectivity index (χ1) is 7.56. The molecule has 3 heteroatoms. The molecule has 0 fully saturated rings. The lowest BCUT2D eigenvalue weighted by Crippen LogP contribution is -2.27. The summed E-state index contributed by atoms with van der Waals surface area (Å²) in [7, 11) is 0. The lowest BCUT2D eigenvalue weighted by molar-refractivity contribution is 0.392. The average molecular weight is 214 g/mol. The van der Waals surface area contributed by atoms with Crippen LogP contribution in [0.4, 0.5) is 0 Å². The first kappa shape index (κ1) is 10.7. The van der Waals surface area contributed by atoms with Gasteiger partial charge in [0.15, 0.2) is 0 Å². The largest absolute Gasteiger partial charge is 0.464 e. The van der Waals surface area contributed by atoms with Crippen LogP contribution in [0.1, 0.15) is 25.5 Å². The second-order valence-corrected chi connectivity index (χ2v) is 4.50. The molecule has 2 aromatic rings. The van der Waals surface area contributed by atoms with Crippen LogP contribution in [0.15, 0.2) is 34.9 Å². The third kappa shape index (κ3) is 1.58. The van der Waals surface area contributed by atoms with Crippen molar-refractivity contribution in [2.75, 3.05) is 0 Å². The average Bonchev–Trinajstić information content (AvgIpc) is 2.71. The van der Waals surface area contributed by atoms with Gasteiger partial charge >= 0.3 is 0 Å². The van der Waals surface area contributed by atoms with E-state index >= 15 is 0 Å². The molecule has 0 bridgehead atoms. The van der Waals surface area contributed by atoms with E-state index in [2.05, 4.69) is 6.07 Å². The summed E-state index contributed by atoms with van der Waals surface area (Å²) in [5, 5.41) is 10.1. The molecular formula is C13H14N2O. The molecule has 0 saturated heterocycles. The zero-order valence-electron chi connectivity index (χ0n) is 9.40.